The zero-order valence-electron chi connectivity index (χ0n) is 12.5. The van der Waals surface area contributed by atoms with Gasteiger partial charge >= 0.3 is 0 Å². The molecule has 6 heteroatoms. The molecule has 0 aliphatic carbocycles. The molecular formula is C17H14N4O2. The number of nitriles is 1. The molecule has 3 N–H and O–H groups in total. The average Bonchev–Trinajstić information content (AvgIpc) is 2.93. The number of fused-ring (bicyclic) bond motifs is 1. The third kappa shape index (κ3) is 2.47. The van der Waals surface area contributed by atoms with Crippen LogP contribution in [0.2, 0.25) is 0 Å². The largest absolute Gasteiger partial charge is 0.481 e. The van der Waals surface area contributed by atoms with Crippen LogP contribution in [0.1, 0.15) is 22.7 Å². The third-order valence-electron chi connectivity index (χ3n) is 3.67. The van der Waals surface area contributed by atoms with Gasteiger partial charge in [-0.05, 0) is 24.6 Å². The van der Waals surface area contributed by atoms with E-state index in [2.05, 4.69) is 22.2 Å². The molecule has 0 bridgehead atoms. The van der Waals surface area contributed by atoms with E-state index < -0.39 is 0 Å². The average molecular weight is 306 g/mol. The molecule has 2 heterocycles. The molecule has 23 heavy (non-hydrogen) atoms. The van der Waals surface area contributed by atoms with Crippen molar-refractivity contribution in [2.24, 2.45) is 5.73 Å². The normalized spacial score (nSPS) is 16.0. The van der Waals surface area contributed by atoms with Gasteiger partial charge in [-0.3, -0.25) is 5.10 Å². The summed E-state index contributed by atoms with van der Waals surface area (Å²) in [7, 11) is 0. The number of ether oxygens (including phenoxy) is 2. The molecule has 1 atom stereocenters. The fourth-order valence-electron chi connectivity index (χ4n) is 2.61. The van der Waals surface area contributed by atoms with Crippen molar-refractivity contribution >= 4 is 0 Å². The summed E-state index contributed by atoms with van der Waals surface area (Å²) in [6.45, 7) is 2.08. The van der Waals surface area contributed by atoms with E-state index in [0.717, 1.165) is 16.8 Å². The zero-order valence-corrected chi connectivity index (χ0v) is 12.5. The molecule has 1 aromatic carbocycles. The minimum atomic E-state index is -0.329. The Hall–Kier alpha value is -3.38. The first-order chi connectivity index (χ1) is 11.2. The Morgan fingerprint density at radius 3 is 2.83 bits per heavy atom. The number of hydrogen-bond acceptors (Lipinski definition) is 5. The quantitative estimate of drug-likeness (QED) is 0.845. The molecule has 0 amide bonds. The van der Waals surface area contributed by atoms with Crippen molar-refractivity contribution in [2.75, 3.05) is 6.61 Å². The number of aryl methyl sites for hydroxylation is 1. The topological polar surface area (TPSA) is 96.9 Å². The molecule has 1 aliphatic heterocycles. The van der Waals surface area contributed by atoms with Gasteiger partial charge in [0.2, 0.25) is 11.8 Å². The van der Waals surface area contributed by atoms with Gasteiger partial charge in [-0.25, -0.2) is 0 Å². The molecule has 1 aliphatic rings. The molecule has 0 radical (unpaired) electrons. The Morgan fingerprint density at radius 1 is 1.43 bits per heavy atom. The summed E-state index contributed by atoms with van der Waals surface area (Å²) in [5.41, 5.74) is 8.77. The van der Waals surface area contributed by atoms with Crippen LogP contribution in [0.5, 0.6) is 11.6 Å². The van der Waals surface area contributed by atoms with Gasteiger partial charge in [0.1, 0.15) is 24.0 Å². The van der Waals surface area contributed by atoms with Gasteiger partial charge in [-0.1, -0.05) is 18.1 Å². The Labute approximate surface area is 133 Å². The van der Waals surface area contributed by atoms with Crippen LogP contribution in [0.25, 0.3) is 0 Å². The number of nitrogens with two attached hydrogens (primary N) is 1. The summed E-state index contributed by atoms with van der Waals surface area (Å²) in [4.78, 5) is 0. The maximum Gasteiger partial charge on any atom is 0.244 e. The summed E-state index contributed by atoms with van der Waals surface area (Å²) in [6.07, 6.45) is 5.18. The summed E-state index contributed by atoms with van der Waals surface area (Å²) < 4.78 is 10.8. The van der Waals surface area contributed by atoms with E-state index >= 15 is 0 Å². The number of allylic oxidation sites excluding steroid dienone is 1. The number of hydrogen-bond donors (Lipinski definition) is 2. The van der Waals surface area contributed by atoms with Crippen molar-refractivity contribution in [3.8, 4) is 30.0 Å². The van der Waals surface area contributed by atoms with Crippen molar-refractivity contribution in [1.29, 1.82) is 5.26 Å². The number of terminal acetylenes is 1. The highest BCUT2D eigenvalue weighted by Crippen LogP contribution is 2.42. The Balaban J connectivity index is 2.05. The van der Waals surface area contributed by atoms with Gasteiger partial charge in [0, 0.05) is 11.3 Å². The van der Waals surface area contributed by atoms with E-state index in [1.165, 1.54) is 0 Å². The van der Waals surface area contributed by atoms with Gasteiger partial charge in [0.25, 0.3) is 0 Å². The second-order valence-corrected chi connectivity index (χ2v) is 5.05. The number of aromatic nitrogens is 2. The van der Waals surface area contributed by atoms with Crippen LogP contribution in [0.4, 0.5) is 0 Å². The van der Waals surface area contributed by atoms with Crippen LogP contribution in [-0.4, -0.2) is 16.8 Å². The van der Waals surface area contributed by atoms with Crippen LogP contribution < -0.4 is 15.2 Å². The lowest BCUT2D eigenvalue weighted by atomic mass is 9.84. The fraction of sp³-hybridized carbons (Fsp3) is 0.176. The SMILES string of the molecule is C#CCOc1ccc(C2C(C#N)=C(N)Oc3n[nH]c(C)c32)cc1. The number of H-pyrrole nitrogens is 1. The number of rotatable bonds is 3. The Bertz CT molecular complexity index is 850. The van der Waals surface area contributed by atoms with E-state index in [1.54, 1.807) is 0 Å². The van der Waals surface area contributed by atoms with E-state index in [4.69, 9.17) is 21.6 Å². The number of aromatic amines is 1. The molecule has 0 saturated carbocycles. The minimum absolute atomic E-state index is 0.0733. The van der Waals surface area contributed by atoms with Gasteiger partial charge in [0.15, 0.2) is 0 Å². The molecule has 114 valence electrons. The number of nitrogens with zero attached hydrogens (tertiary/aromatic N) is 2. The number of benzene rings is 1. The zero-order chi connectivity index (χ0) is 16.4. The lowest BCUT2D eigenvalue weighted by molar-refractivity contribution is 0.370. The second-order valence-electron chi connectivity index (χ2n) is 5.05. The van der Waals surface area contributed by atoms with Crippen molar-refractivity contribution < 1.29 is 9.47 Å². The van der Waals surface area contributed by atoms with Crippen LogP contribution in [0, 0.1) is 30.6 Å². The molecule has 6 nitrogen and oxygen atoms in total. The molecule has 2 aromatic rings. The lowest BCUT2D eigenvalue weighted by Gasteiger charge is -2.23. The Morgan fingerprint density at radius 2 is 2.17 bits per heavy atom. The first kappa shape index (κ1) is 14.6. The summed E-state index contributed by atoms with van der Waals surface area (Å²) >= 11 is 0. The first-order valence-electron chi connectivity index (χ1n) is 6.94. The van der Waals surface area contributed by atoms with Gasteiger partial charge in [-0.15, -0.1) is 11.5 Å². The smallest absolute Gasteiger partial charge is 0.244 e. The fourth-order valence-corrected chi connectivity index (χ4v) is 2.61. The molecular weight excluding hydrogens is 292 g/mol. The maximum absolute atomic E-state index is 9.47. The highest BCUT2D eigenvalue weighted by Gasteiger charge is 2.34. The van der Waals surface area contributed by atoms with Gasteiger partial charge < -0.3 is 15.2 Å². The predicted molar refractivity (Wildman–Crippen MR) is 83.4 cm³/mol. The van der Waals surface area contributed by atoms with Gasteiger partial charge in [-0.2, -0.15) is 5.26 Å². The van der Waals surface area contributed by atoms with Crippen molar-refractivity contribution in [2.45, 2.75) is 12.8 Å². The summed E-state index contributed by atoms with van der Waals surface area (Å²) in [5.74, 6) is 3.22. The maximum atomic E-state index is 9.47. The predicted octanol–water partition coefficient (Wildman–Crippen LogP) is 1.95. The van der Waals surface area contributed by atoms with Crippen LogP contribution in [0.15, 0.2) is 35.7 Å². The first-order valence-corrected chi connectivity index (χ1v) is 6.94. The lowest BCUT2D eigenvalue weighted by Crippen LogP contribution is -2.21. The highest BCUT2D eigenvalue weighted by atomic mass is 16.5. The highest BCUT2D eigenvalue weighted by molar-refractivity contribution is 5.55. The molecule has 0 fully saturated rings. The summed E-state index contributed by atoms with van der Waals surface area (Å²) in [6, 6.07) is 9.51. The van der Waals surface area contributed by atoms with Crippen molar-refractivity contribution in [3.05, 3.63) is 52.5 Å². The Kier molecular flexibility index (Phi) is 3.66. The second kappa shape index (κ2) is 5.78. The van der Waals surface area contributed by atoms with Crippen LogP contribution >= 0.6 is 0 Å². The standard InChI is InChI=1S/C17H14N4O2/c1-3-8-22-12-6-4-11(5-7-12)15-13(9-18)16(19)23-17-14(15)10(2)20-21-17/h1,4-7,15H,8,19H2,2H3,(H,20,21). The monoisotopic (exact) mass is 306 g/mol. The van der Waals surface area contributed by atoms with Crippen molar-refractivity contribution in [1.82, 2.24) is 10.2 Å². The van der Waals surface area contributed by atoms with Crippen molar-refractivity contribution in [3.63, 3.8) is 0 Å². The van der Waals surface area contributed by atoms with E-state index in [9.17, 15) is 5.26 Å². The van der Waals surface area contributed by atoms with Crippen LogP contribution in [-0.2, 0) is 0 Å². The molecule has 0 saturated heterocycles. The molecule has 1 unspecified atom stereocenters. The number of nitrogens with one attached hydrogen (secondary N) is 1. The van der Waals surface area contributed by atoms with E-state index in [1.807, 2.05) is 31.2 Å². The minimum Gasteiger partial charge on any atom is -0.481 e. The van der Waals surface area contributed by atoms with E-state index in [0.29, 0.717) is 17.2 Å². The third-order valence-corrected chi connectivity index (χ3v) is 3.67. The van der Waals surface area contributed by atoms with E-state index in [-0.39, 0.29) is 18.4 Å². The van der Waals surface area contributed by atoms with Crippen LogP contribution in [0.3, 0.4) is 0 Å². The summed E-state index contributed by atoms with van der Waals surface area (Å²) in [5, 5.41) is 16.4. The molecule has 1 aromatic heterocycles. The molecule has 3 rings (SSSR count). The molecule has 0 spiro atoms. The van der Waals surface area contributed by atoms with Gasteiger partial charge in [0.05, 0.1) is 5.92 Å².